The van der Waals surface area contributed by atoms with Crippen LogP contribution in [-0.4, -0.2) is 42.5 Å². The molecule has 2 rings (SSSR count). The average Bonchev–Trinajstić information content (AvgIpc) is 2.85. The number of carbonyl (C=O) groups excluding carboxylic acids is 2. The Morgan fingerprint density at radius 3 is 2.68 bits per heavy atom. The third-order valence-corrected chi connectivity index (χ3v) is 4.17. The standard InChI is InChI=1S/C20H28N2O3/c1-3-14-25-18-10-7-12-22(13-11-18)20(24)19(21-16(2)23)15-17-8-5-4-6-9-17/h4-6,8-9,15,18H,3,7,10-14H2,1-2H3,(H,21,23)/b19-15+/t18-/m1/s1. The van der Waals surface area contributed by atoms with E-state index in [-0.39, 0.29) is 17.9 Å². The van der Waals surface area contributed by atoms with E-state index in [2.05, 4.69) is 12.2 Å². The number of likely N-dealkylation sites (tertiary alicyclic amines) is 1. The second-order valence-electron chi connectivity index (χ2n) is 6.37. The summed E-state index contributed by atoms with van der Waals surface area (Å²) < 4.78 is 5.84. The minimum atomic E-state index is -0.241. The van der Waals surface area contributed by atoms with Crippen LogP contribution in [0, 0.1) is 0 Å². The molecule has 1 aliphatic rings. The minimum absolute atomic E-state index is 0.129. The van der Waals surface area contributed by atoms with Gasteiger partial charge in [0.15, 0.2) is 0 Å². The van der Waals surface area contributed by atoms with Gasteiger partial charge in [-0.3, -0.25) is 9.59 Å². The summed E-state index contributed by atoms with van der Waals surface area (Å²) in [7, 11) is 0. The highest BCUT2D eigenvalue weighted by atomic mass is 16.5. The molecule has 1 aromatic rings. The van der Waals surface area contributed by atoms with Gasteiger partial charge in [-0.15, -0.1) is 0 Å². The van der Waals surface area contributed by atoms with Crippen LogP contribution in [-0.2, 0) is 14.3 Å². The third kappa shape index (κ3) is 6.35. The molecule has 5 nitrogen and oxygen atoms in total. The van der Waals surface area contributed by atoms with Gasteiger partial charge in [-0.1, -0.05) is 37.3 Å². The lowest BCUT2D eigenvalue weighted by Gasteiger charge is -2.22. The van der Waals surface area contributed by atoms with Crippen LogP contribution in [0.15, 0.2) is 36.0 Å². The molecule has 25 heavy (non-hydrogen) atoms. The molecule has 1 saturated heterocycles. The van der Waals surface area contributed by atoms with Gasteiger partial charge in [0, 0.05) is 26.6 Å². The molecule has 2 amide bonds. The Hall–Kier alpha value is -2.14. The molecular formula is C20H28N2O3. The van der Waals surface area contributed by atoms with Crippen molar-refractivity contribution in [2.45, 2.75) is 45.6 Å². The van der Waals surface area contributed by atoms with Gasteiger partial charge >= 0.3 is 0 Å². The Balaban J connectivity index is 2.08. The zero-order valence-electron chi connectivity index (χ0n) is 15.2. The highest BCUT2D eigenvalue weighted by Crippen LogP contribution is 2.17. The van der Waals surface area contributed by atoms with Gasteiger partial charge in [0.1, 0.15) is 5.70 Å². The van der Waals surface area contributed by atoms with E-state index < -0.39 is 0 Å². The summed E-state index contributed by atoms with van der Waals surface area (Å²) in [5.74, 6) is -0.371. The molecule has 0 radical (unpaired) electrons. The Morgan fingerprint density at radius 1 is 1.24 bits per heavy atom. The lowest BCUT2D eigenvalue weighted by molar-refractivity contribution is -0.129. The van der Waals surface area contributed by atoms with Crippen molar-refractivity contribution in [1.29, 1.82) is 0 Å². The van der Waals surface area contributed by atoms with Crippen molar-refractivity contribution >= 4 is 17.9 Å². The van der Waals surface area contributed by atoms with Crippen molar-refractivity contribution in [3.8, 4) is 0 Å². The number of hydrogen-bond donors (Lipinski definition) is 1. The van der Waals surface area contributed by atoms with E-state index in [1.54, 1.807) is 6.08 Å². The van der Waals surface area contributed by atoms with Crippen molar-refractivity contribution in [2.24, 2.45) is 0 Å². The number of amides is 2. The number of rotatable bonds is 6. The maximum absolute atomic E-state index is 12.9. The van der Waals surface area contributed by atoms with Crippen molar-refractivity contribution in [1.82, 2.24) is 10.2 Å². The first-order valence-electron chi connectivity index (χ1n) is 9.05. The Kier molecular flexibility index (Phi) is 7.67. The van der Waals surface area contributed by atoms with E-state index in [9.17, 15) is 9.59 Å². The van der Waals surface area contributed by atoms with Crippen LogP contribution in [0.5, 0.6) is 0 Å². The lowest BCUT2D eigenvalue weighted by Crippen LogP contribution is -2.38. The molecule has 1 heterocycles. The minimum Gasteiger partial charge on any atom is -0.378 e. The van der Waals surface area contributed by atoms with E-state index in [1.807, 2.05) is 35.2 Å². The van der Waals surface area contributed by atoms with Gasteiger partial charge in [-0.25, -0.2) is 0 Å². The van der Waals surface area contributed by atoms with Crippen LogP contribution in [0.3, 0.4) is 0 Å². The quantitative estimate of drug-likeness (QED) is 0.807. The highest BCUT2D eigenvalue weighted by molar-refractivity contribution is 6.00. The Labute approximate surface area is 150 Å². The summed E-state index contributed by atoms with van der Waals surface area (Å²) >= 11 is 0. The van der Waals surface area contributed by atoms with Crippen molar-refractivity contribution in [3.05, 3.63) is 41.6 Å². The fourth-order valence-corrected chi connectivity index (χ4v) is 2.95. The molecule has 1 fully saturated rings. The van der Waals surface area contributed by atoms with E-state index in [0.29, 0.717) is 18.8 Å². The summed E-state index contributed by atoms with van der Waals surface area (Å²) in [5.41, 5.74) is 1.21. The second-order valence-corrected chi connectivity index (χ2v) is 6.37. The van der Waals surface area contributed by atoms with E-state index in [1.165, 1.54) is 6.92 Å². The fourth-order valence-electron chi connectivity index (χ4n) is 2.95. The lowest BCUT2D eigenvalue weighted by atomic mass is 10.1. The van der Waals surface area contributed by atoms with Crippen LogP contribution in [0.2, 0.25) is 0 Å². The molecule has 0 aliphatic carbocycles. The number of ether oxygens (including phenoxy) is 1. The molecule has 1 aliphatic heterocycles. The predicted molar refractivity (Wildman–Crippen MR) is 98.7 cm³/mol. The molecule has 1 aromatic carbocycles. The number of nitrogens with zero attached hydrogens (tertiary/aromatic N) is 1. The predicted octanol–water partition coefficient (Wildman–Crippen LogP) is 2.97. The summed E-state index contributed by atoms with van der Waals surface area (Å²) in [5, 5.41) is 2.69. The molecule has 0 spiro atoms. The maximum Gasteiger partial charge on any atom is 0.270 e. The van der Waals surface area contributed by atoms with Gasteiger partial charge in [-0.05, 0) is 37.3 Å². The van der Waals surface area contributed by atoms with E-state index in [4.69, 9.17) is 4.74 Å². The third-order valence-electron chi connectivity index (χ3n) is 4.17. The normalized spacial score (nSPS) is 18.6. The first-order chi connectivity index (χ1) is 12.1. The van der Waals surface area contributed by atoms with E-state index >= 15 is 0 Å². The molecule has 5 heteroatoms. The molecule has 0 unspecified atom stereocenters. The van der Waals surface area contributed by atoms with Crippen LogP contribution >= 0.6 is 0 Å². The van der Waals surface area contributed by atoms with E-state index in [0.717, 1.165) is 37.9 Å². The summed E-state index contributed by atoms with van der Waals surface area (Å²) in [4.78, 5) is 26.3. The smallest absolute Gasteiger partial charge is 0.270 e. The van der Waals surface area contributed by atoms with Crippen molar-refractivity contribution in [2.75, 3.05) is 19.7 Å². The van der Waals surface area contributed by atoms with Gasteiger partial charge in [-0.2, -0.15) is 0 Å². The zero-order chi connectivity index (χ0) is 18.1. The van der Waals surface area contributed by atoms with Crippen LogP contribution < -0.4 is 5.32 Å². The van der Waals surface area contributed by atoms with Crippen LogP contribution in [0.4, 0.5) is 0 Å². The Morgan fingerprint density at radius 2 is 2.00 bits per heavy atom. The monoisotopic (exact) mass is 344 g/mol. The van der Waals surface area contributed by atoms with Crippen molar-refractivity contribution < 1.29 is 14.3 Å². The molecule has 136 valence electrons. The number of hydrogen-bond acceptors (Lipinski definition) is 3. The van der Waals surface area contributed by atoms with Crippen LogP contribution in [0.1, 0.15) is 45.1 Å². The Bertz CT molecular complexity index is 598. The first-order valence-corrected chi connectivity index (χ1v) is 9.05. The number of benzene rings is 1. The van der Waals surface area contributed by atoms with Gasteiger partial charge in [0.25, 0.3) is 5.91 Å². The largest absolute Gasteiger partial charge is 0.378 e. The second kappa shape index (κ2) is 9.99. The molecular weight excluding hydrogens is 316 g/mol. The average molecular weight is 344 g/mol. The number of carbonyl (C=O) groups is 2. The van der Waals surface area contributed by atoms with Crippen LogP contribution in [0.25, 0.3) is 6.08 Å². The summed E-state index contributed by atoms with van der Waals surface area (Å²) in [6.07, 6.45) is 5.69. The van der Waals surface area contributed by atoms with Gasteiger partial charge in [0.2, 0.25) is 5.91 Å². The summed E-state index contributed by atoms with van der Waals surface area (Å²) in [6.45, 7) is 5.63. The summed E-state index contributed by atoms with van der Waals surface area (Å²) in [6, 6.07) is 9.55. The zero-order valence-corrected chi connectivity index (χ0v) is 15.2. The molecule has 0 saturated carbocycles. The molecule has 1 N–H and O–H groups in total. The molecule has 1 atom stereocenters. The highest BCUT2D eigenvalue weighted by Gasteiger charge is 2.23. The topological polar surface area (TPSA) is 58.6 Å². The van der Waals surface area contributed by atoms with Gasteiger partial charge in [0.05, 0.1) is 6.10 Å². The molecule has 0 aromatic heterocycles. The fraction of sp³-hybridized carbons (Fsp3) is 0.500. The SMILES string of the molecule is CCCO[C@@H]1CCCN(C(=O)/C(=C\c2ccccc2)NC(C)=O)CC1. The maximum atomic E-state index is 12.9. The first kappa shape index (κ1) is 19.2. The molecule has 0 bridgehead atoms. The van der Waals surface area contributed by atoms with Gasteiger partial charge < -0.3 is 15.0 Å². The number of nitrogens with one attached hydrogen (secondary N) is 1. The van der Waals surface area contributed by atoms with Crippen molar-refractivity contribution in [3.63, 3.8) is 0 Å².